The zero-order valence-corrected chi connectivity index (χ0v) is 15.7. The zero-order chi connectivity index (χ0) is 18.5. The molecule has 0 unspecified atom stereocenters. The number of benzene rings is 2. The standard InChI is InChI=1S/C22H18N4S/c1-23-15-16-6-2-3-8-22(16)27-18-10-11-19-20(25-26-21(19)14-18)12-9-17-7-4-5-13-24-17/h2-8,10-11,13-14,23H,15H2,1H3,(H,25,26). The van der Waals surface area contributed by atoms with Crippen LogP contribution in [0.25, 0.3) is 10.9 Å². The van der Waals surface area contributed by atoms with Crippen molar-refractivity contribution in [3.8, 4) is 11.8 Å². The highest BCUT2D eigenvalue weighted by Crippen LogP contribution is 2.32. The lowest BCUT2D eigenvalue weighted by Crippen LogP contribution is -2.05. The summed E-state index contributed by atoms with van der Waals surface area (Å²) in [7, 11) is 1.96. The molecule has 0 atom stereocenters. The minimum absolute atomic E-state index is 0.744. The third-order valence-electron chi connectivity index (χ3n) is 4.07. The summed E-state index contributed by atoms with van der Waals surface area (Å²) < 4.78 is 0. The van der Waals surface area contributed by atoms with Crippen molar-refractivity contribution in [2.75, 3.05) is 7.05 Å². The topological polar surface area (TPSA) is 53.6 Å². The molecule has 0 aliphatic carbocycles. The second kappa shape index (κ2) is 8.09. The van der Waals surface area contributed by atoms with E-state index in [-0.39, 0.29) is 0 Å². The molecule has 4 rings (SSSR count). The van der Waals surface area contributed by atoms with Crippen molar-refractivity contribution in [2.24, 2.45) is 0 Å². The number of rotatable bonds is 4. The van der Waals surface area contributed by atoms with Crippen LogP contribution in [0.3, 0.4) is 0 Å². The van der Waals surface area contributed by atoms with E-state index >= 15 is 0 Å². The van der Waals surface area contributed by atoms with Gasteiger partial charge in [-0.2, -0.15) is 5.10 Å². The highest BCUT2D eigenvalue weighted by Gasteiger charge is 2.07. The second-order valence-electron chi connectivity index (χ2n) is 5.98. The summed E-state index contributed by atoms with van der Waals surface area (Å²) >= 11 is 1.75. The molecule has 2 N–H and O–H groups in total. The van der Waals surface area contributed by atoms with Gasteiger partial charge >= 0.3 is 0 Å². The molecule has 0 aliphatic rings. The SMILES string of the molecule is CNCc1ccccc1Sc1ccc2c(C#Cc3ccccn3)[nH]nc2c1. The predicted molar refractivity (Wildman–Crippen MR) is 110 cm³/mol. The molecule has 132 valence electrons. The molecule has 4 aromatic rings. The number of fused-ring (bicyclic) bond motifs is 1. The van der Waals surface area contributed by atoms with E-state index in [9.17, 15) is 0 Å². The molecule has 0 amide bonds. The Hall–Kier alpha value is -3.07. The average Bonchev–Trinajstić information content (AvgIpc) is 3.11. The lowest BCUT2D eigenvalue weighted by molar-refractivity contribution is 0.803. The minimum atomic E-state index is 0.744. The molecule has 0 aliphatic heterocycles. The van der Waals surface area contributed by atoms with Crippen molar-refractivity contribution in [1.82, 2.24) is 20.5 Å². The van der Waals surface area contributed by atoms with Gasteiger partial charge in [-0.25, -0.2) is 4.98 Å². The Morgan fingerprint density at radius 1 is 1.04 bits per heavy atom. The molecule has 2 aromatic carbocycles. The first-order valence-electron chi connectivity index (χ1n) is 8.65. The van der Waals surface area contributed by atoms with E-state index in [1.807, 2.05) is 25.2 Å². The van der Waals surface area contributed by atoms with Crippen molar-refractivity contribution >= 4 is 22.7 Å². The molecule has 0 spiro atoms. The number of aromatic nitrogens is 3. The highest BCUT2D eigenvalue weighted by molar-refractivity contribution is 7.99. The van der Waals surface area contributed by atoms with Crippen molar-refractivity contribution in [3.05, 3.63) is 83.8 Å². The summed E-state index contributed by atoms with van der Waals surface area (Å²) in [5.74, 6) is 6.20. The number of nitrogens with zero attached hydrogens (tertiary/aromatic N) is 2. The maximum atomic E-state index is 4.42. The molecular formula is C22H18N4S. The molecule has 0 saturated carbocycles. The molecule has 2 aromatic heterocycles. The lowest BCUT2D eigenvalue weighted by atomic mass is 10.2. The fraction of sp³-hybridized carbons (Fsp3) is 0.0909. The summed E-state index contributed by atoms with van der Waals surface area (Å²) in [4.78, 5) is 6.63. The summed E-state index contributed by atoms with van der Waals surface area (Å²) in [6.07, 6.45) is 1.74. The van der Waals surface area contributed by atoms with Gasteiger partial charge in [0.25, 0.3) is 0 Å². The van der Waals surface area contributed by atoms with E-state index in [0.29, 0.717) is 0 Å². The molecule has 5 heteroatoms. The van der Waals surface area contributed by atoms with Crippen LogP contribution in [-0.2, 0) is 6.54 Å². The van der Waals surface area contributed by atoms with Gasteiger partial charge in [-0.15, -0.1) is 0 Å². The monoisotopic (exact) mass is 370 g/mol. The minimum Gasteiger partial charge on any atom is -0.316 e. The number of H-pyrrole nitrogens is 1. The number of hydrogen-bond donors (Lipinski definition) is 2. The molecule has 0 radical (unpaired) electrons. The fourth-order valence-corrected chi connectivity index (χ4v) is 3.76. The normalized spacial score (nSPS) is 10.6. The molecule has 4 nitrogen and oxygen atoms in total. The molecular weight excluding hydrogens is 352 g/mol. The van der Waals surface area contributed by atoms with Gasteiger partial charge in [-0.05, 0) is 60.9 Å². The molecule has 0 fully saturated rings. The number of nitrogens with one attached hydrogen (secondary N) is 2. The summed E-state index contributed by atoms with van der Waals surface area (Å²) in [5, 5.41) is 11.7. The predicted octanol–water partition coefficient (Wildman–Crippen LogP) is 4.23. The van der Waals surface area contributed by atoms with Gasteiger partial charge in [0, 0.05) is 27.9 Å². The van der Waals surface area contributed by atoms with E-state index in [0.717, 1.165) is 33.7 Å². The van der Waals surface area contributed by atoms with Gasteiger partial charge in [-0.1, -0.05) is 36.0 Å². The van der Waals surface area contributed by atoms with Gasteiger partial charge in [0.1, 0.15) is 11.4 Å². The Labute approximate surface area is 162 Å². The maximum Gasteiger partial charge on any atom is 0.116 e. The van der Waals surface area contributed by atoms with Crippen LogP contribution in [0.1, 0.15) is 17.0 Å². The zero-order valence-electron chi connectivity index (χ0n) is 14.9. The van der Waals surface area contributed by atoms with Gasteiger partial charge < -0.3 is 5.32 Å². The van der Waals surface area contributed by atoms with Crippen molar-refractivity contribution in [3.63, 3.8) is 0 Å². The molecule has 0 bridgehead atoms. The Balaban J connectivity index is 1.61. The van der Waals surface area contributed by atoms with E-state index in [1.165, 1.54) is 10.5 Å². The van der Waals surface area contributed by atoms with Crippen LogP contribution in [0.15, 0.2) is 76.7 Å². The summed E-state index contributed by atoms with van der Waals surface area (Å²) in [5.41, 5.74) is 3.75. The van der Waals surface area contributed by atoms with Crippen molar-refractivity contribution in [2.45, 2.75) is 16.3 Å². The van der Waals surface area contributed by atoms with Gasteiger partial charge in [0.05, 0.1) is 5.52 Å². The second-order valence-corrected chi connectivity index (χ2v) is 7.10. The van der Waals surface area contributed by atoms with Crippen LogP contribution in [0.5, 0.6) is 0 Å². The first-order valence-corrected chi connectivity index (χ1v) is 9.46. The average molecular weight is 370 g/mol. The van der Waals surface area contributed by atoms with Crippen LogP contribution >= 0.6 is 11.8 Å². The Kier molecular flexibility index (Phi) is 5.20. The van der Waals surface area contributed by atoms with Crippen LogP contribution in [-0.4, -0.2) is 22.2 Å². The quantitative estimate of drug-likeness (QED) is 0.528. The van der Waals surface area contributed by atoms with Crippen LogP contribution in [0.2, 0.25) is 0 Å². The van der Waals surface area contributed by atoms with Gasteiger partial charge in [0.15, 0.2) is 0 Å². The fourth-order valence-electron chi connectivity index (χ4n) is 2.78. The van der Waals surface area contributed by atoms with Crippen molar-refractivity contribution < 1.29 is 0 Å². The maximum absolute atomic E-state index is 4.42. The van der Waals surface area contributed by atoms with Crippen LogP contribution in [0, 0.1) is 11.8 Å². The van der Waals surface area contributed by atoms with Gasteiger partial charge in [-0.3, -0.25) is 5.10 Å². The van der Waals surface area contributed by atoms with Crippen molar-refractivity contribution in [1.29, 1.82) is 0 Å². The number of aromatic amines is 1. The van der Waals surface area contributed by atoms with E-state index in [1.54, 1.807) is 18.0 Å². The summed E-state index contributed by atoms with van der Waals surface area (Å²) in [6, 6.07) is 20.4. The summed E-state index contributed by atoms with van der Waals surface area (Å²) in [6.45, 7) is 0.848. The molecule has 0 saturated heterocycles. The van der Waals surface area contributed by atoms with Gasteiger partial charge in [0.2, 0.25) is 0 Å². The molecule has 27 heavy (non-hydrogen) atoms. The largest absolute Gasteiger partial charge is 0.316 e. The Morgan fingerprint density at radius 2 is 1.93 bits per heavy atom. The Bertz CT molecular complexity index is 1120. The highest BCUT2D eigenvalue weighted by atomic mass is 32.2. The first-order chi connectivity index (χ1) is 13.3. The van der Waals surface area contributed by atoms with E-state index in [2.05, 4.69) is 74.8 Å². The number of hydrogen-bond acceptors (Lipinski definition) is 4. The third-order valence-corrected chi connectivity index (χ3v) is 5.18. The van der Waals surface area contributed by atoms with Crippen LogP contribution < -0.4 is 5.32 Å². The van der Waals surface area contributed by atoms with E-state index < -0.39 is 0 Å². The van der Waals surface area contributed by atoms with E-state index in [4.69, 9.17) is 0 Å². The smallest absolute Gasteiger partial charge is 0.116 e. The Morgan fingerprint density at radius 3 is 2.78 bits per heavy atom. The third kappa shape index (κ3) is 4.03. The van der Waals surface area contributed by atoms with Crippen LogP contribution in [0.4, 0.5) is 0 Å². The first kappa shape index (κ1) is 17.3. The number of pyridine rings is 1. The molecule has 2 heterocycles. The lowest BCUT2D eigenvalue weighted by Gasteiger charge is -2.08.